The lowest BCUT2D eigenvalue weighted by Gasteiger charge is -2.08. The van der Waals surface area contributed by atoms with Crippen molar-refractivity contribution in [2.24, 2.45) is 7.05 Å². The van der Waals surface area contributed by atoms with E-state index in [0.717, 1.165) is 11.3 Å². The number of hydrogen-bond acceptors (Lipinski definition) is 2. The molecule has 0 saturated carbocycles. The van der Waals surface area contributed by atoms with Crippen molar-refractivity contribution < 1.29 is 8.78 Å². The average Bonchev–Trinajstić information content (AvgIpc) is 2.61. The standard InChI is InChI=1S/C13H15F2N3/c1-8-4-12(15)13(5-11(8)14)16-6-10-7-18(3)17-9(10)2/h4-5,7,16H,6H2,1-3H3. The van der Waals surface area contributed by atoms with Crippen molar-refractivity contribution in [1.29, 1.82) is 0 Å². The lowest BCUT2D eigenvalue weighted by molar-refractivity contribution is 0.594. The number of hydrogen-bond donors (Lipinski definition) is 1. The summed E-state index contributed by atoms with van der Waals surface area (Å²) in [5.74, 6) is -0.864. The second kappa shape index (κ2) is 4.76. The van der Waals surface area contributed by atoms with Crippen LogP contribution >= 0.6 is 0 Å². The van der Waals surface area contributed by atoms with E-state index in [-0.39, 0.29) is 5.69 Å². The molecule has 1 aromatic heterocycles. The third-order valence-corrected chi connectivity index (χ3v) is 2.83. The maximum absolute atomic E-state index is 13.6. The van der Waals surface area contributed by atoms with Gasteiger partial charge in [0.25, 0.3) is 0 Å². The van der Waals surface area contributed by atoms with Gasteiger partial charge in [-0.3, -0.25) is 4.68 Å². The van der Waals surface area contributed by atoms with E-state index >= 15 is 0 Å². The first kappa shape index (κ1) is 12.5. The molecule has 3 nitrogen and oxygen atoms in total. The monoisotopic (exact) mass is 251 g/mol. The van der Waals surface area contributed by atoms with Gasteiger partial charge in [0.1, 0.15) is 11.6 Å². The third kappa shape index (κ3) is 2.50. The molecule has 1 N–H and O–H groups in total. The molecule has 96 valence electrons. The Morgan fingerprint density at radius 1 is 1.22 bits per heavy atom. The number of aromatic nitrogens is 2. The maximum Gasteiger partial charge on any atom is 0.146 e. The largest absolute Gasteiger partial charge is 0.378 e. The van der Waals surface area contributed by atoms with Gasteiger partial charge in [0, 0.05) is 31.4 Å². The van der Waals surface area contributed by atoms with Crippen LogP contribution in [0.2, 0.25) is 0 Å². The number of aryl methyl sites for hydroxylation is 3. The number of rotatable bonds is 3. The first-order valence-corrected chi connectivity index (χ1v) is 5.66. The molecule has 0 spiro atoms. The predicted molar refractivity (Wildman–Crippen MR) is 66.4 cm³/mol. The van der Waals surface area contributed by atoms with Gasteiger partial charge in [0.2, 0.25) is 0 Å². The minimum absolute atomic E-state index is 0.168. The zero-order chi connectivity index (χ0) is 13.3. The Morgan fingerprint density at radius 3 is 2.56 bits per heavy atom. The topological polar surface area (TPSA) is 29.9 Å². The van der Waals surface area contributed by atoms with E-state index in [4.69, 9.17) is 0 Å². The second-order valence-electron chi connectivity index (χ2n) is 4.35. The fraction of sp³-hybridized carbons (Fsp3) is 0.308. The summed E-state index contributed by atoms with van der Waals surface area (Å²) in [4.78, 5) is 0. The van der Waals surface area contributed by atoms with Crippen LogP contribution < -0.4 is 5.32 Å². The van der Waals surface area contributed by atoms with Crippen LogP contribution in [0.1, 0.15) is 16.8 Å². The number of benzene rings is 1. The van der Waals surface area contributed by atoms with E-state index in [0.29, 0.717) is 12.1 Å². The fourth-order valence-corrected chi connectivity index (χ4v) is 1.79. The fourth-order valence-electron chi connectivity index (χ4n) is 1.79. The van der Waals surface area contributed by atoms with Crippen LogP contribution in [0.5, 0.6) is 0 Å². The van der Waals surface area contributed by atoms with Gasteiger partial charge in [-0.1, -0.05) is 0 Å². The van der Waals surface area contributed by atoms with Crippen LogP contribution in [-0.2, 0) is 13.6 Å². The smallest absolute Gasteiger partial charge is 0.146 e. The summed E-state index contributed by atoms with van der Waals surface area (Å²) in [7, 11) is 1.82. The molecule has 0 saturated heterocycles. The molecule has 1 heterocycles. The van der Waals surface area contributed by atoms with Gasteiger partial charge >= 0.3 is 0 Å². The van der Waals surface area contributed by atoms with Crippen LogP contribution in [-0.4, -0.2) is 9.78 Å². The molecule has 0 unspecified atom stereocenters. The van der Waals surface area contributed by atoms with Crippen molar-refractivity contribution in [1.82, 2.24) is 9.78 Å². The summed E-state index contributed by atoms with van der Waals surface area (Å²) in [5.41, 5.74) is 2.30. The molecular formula is C13H15F2N3. The van der Waals surface area contributed by atoms with E-state index in [1.807, 2.05) is 20.2 Å². The highest BCUT2D eigenvalue weighted by Gasteiger charge is 2.08. The highest BCUT2D eigenvalue weighted by atomic mass is 19.1. The molecule has 0 bridgehead atoms. The minimum atomic E-state index is -0.449. The molecule has 5 heteroatoms. The SMILES string of the molecule is Cc1cc(F)c(NCc2cn(C)nc2C)cc1F. The van der Waals surface area contributed by atoms with Gasteiger partial charge in [-0.15, -0.1) is 0 Å². The number of halogens is 2. The molecule has 18 heavy (non-hydrogen) atoms. The van der Waals surface area contributed by atoms with Crippen LogP contribution in [0, 0.1) is 25.5 Å². The lowest BCUT2D eigenvalue weighted by Crippen LogP contribution is -2.03. The van der Waals surface area contributed by atoms with Gasteiger partial charge in [-0.2, -0.15) is 5.10 Å². The Bertz CT molecular complexity index is 576. The Labute approximate surface area is 104 Å². The lowest BCUT2D eigenvalue weighted by atomic mass is 10.2. The van der Waals surface area contributed by atoms with E-state index in [1.54, 1.807) is 4.68 Å². The van der Waals surface area contributed by atoms with Crippen molar-refractivity contribution >= 4 is 5.69 Å². The summed E-state index contributed by atoms with van der Waals surface area (Å²) in [6.07, 6.45) is 1.85. The van der Waals surface area contributed by atoms with E-state index in [2.05, 4.69) is 10.4 Å². The molecule has 2 rings (SSSR count). The van der Waals surface area contributed by atoms with Crippen molar-refractivity contribution in [2.45, 2.75) is 20.4 Å². The number of nitrogens with zero attached hydrogens (tertiary/aromatic N) is 2. The van der Waals surface area contributed by atoms with Crippen LogP contribution in [0.4, 0.5) is 14.5 Å². The summed E-state index contributed by atoms with van der Waals surface area (Å²) < 4.78 is 28.6. The zero-order valence-electron chi connectivity index (χ0n) is 10.6. The number of anilines is 1. The molecule has 0 radical (unpaired) electrons. The zero-order valence-corrected chi connectivity index (χ0v) is 10.6. The van der Waals surface area contributed by atoms with Crippen molar-refractivity contribution in [3.63, 3.8) is 0 Å². The van der Waals surface area contributed by atoms with E-state index in [9.17, 15) is 8.78 Å². The summed E-state index contributed by atoms with van der Waals surface area (Å²) in [6, 6.07) is 2.37. The van der Waals surface area contributed by atoms with Crippen LogP contribution in [0.25, 0.3) is 0 Å². The summed E-state index contributed by atoms with van der Waals surface area (Å²) >= 11 is 0. The Morgan fingerprint density at radius 2 is 1.94 bits per heavy atom. The Hall–Kier alpha value is -1.91. The highest BCUT2D eigenvalue weighted by Crippen LogP contribution is 2.19. The van der Waals surface area contributed by atoms with Crippen molar-refractivity contribution in [2.75, 3.05) is 5.32 Å². The molecule has 2 aromatic rings. The molecule has 0 aliphatic heterocycles. The molecule has 0 aliphatic rings. The first-order chi connectivity index (χ1) is 8.47. The predicted octanol–water partition coefficient (Wildman–Crippen LogP) is 2.93. The minimum Gasteiger partial charge on any atom is -0.378 e. The van der Waals surface area contributed by atoms with E-state index in [1.165, 1.54) is 19.1 Å². The van der Waals surface area contributed by atoms with Crippen molar-refractivity contribution in [3.05, 3.63) is 46.8 Å². The van der Waals surface area contributed by atoms with E-state index < -0.39 is 11.6 Å². The highest BCUT2D eigenvalue weighted by molar-refractivity contribution is 5.47. The molecule has 0 amide bonds. The van der Waals surface area contributed by atoms with Gasteiger partial charge in [-0.05, 0) is 25.5 Å². The normalized spacial score (nSPS) is 10.7. The summed E-state index contributed by atoms with van der Waals surface area (Å²) in [6.45, 7) is 3.83. The Kier molecular flexibility index (Phi) is 3.32. The van der Waals surface area contributed by atoms with Crippen molar-refractivity contribution in [3.8, 4) is 0 Å². The molecular weight excluding hydrogens is 236 g/mol. The van der Waals surface area contributed by atoms with Gasteiger partial charge in [0.05, 0.1) is 11.4 Å². The Balaban J connectivity index is 2.15. The first-order valence-electron chi connectivity index (χ1n) is 5.66. The van der Waals surface area contributed by atoms with Gasteiger partial charge in [-0.25, -0.2) is 8.78 Å². The van der Waals surface area contributed by atoms with Gasteiger partial charge < -0.3 is 5.32 Å². The average molecular weight is 251 g/mol. The molecule has 0 fully saturated rings. The molecule has 0 aliphatic carbocycles. The maximum atomic E-state index is 13.6. The molecule has 0 atom stereocenters. The second-order valence-corrected chi connectivity index (χ2v) is 4.35. The van der Waals surface area contributed by atoms with Crippen LogP contribution in [0.15, 0.2) is 18.3 Å². The third-order valence-electron chi connectivity index (χ3n) is 2.83. The quantitative estimate of drug-likeness (QED) is 0.909. The number of nitrogens with one attached hydrogen (secondary N) is 1. The van der Waals surface area contributed by atoms with Crippen LogP contribution in [0.3, 0.4) is 0 Å². The summed E-state index contributed by atoms with van der Waals surface area (Å²) in [5, 5.41) is 7.07. The molecule has 1 aromatic carbocycles. The van der Waals surface area contributed by atoms with Gasteiger partial charge in [0.15, 0.2) is 0 Å².